The third-order valence-corrected chi connectivity index (χ3v) is 5.27. The number of anilines is 2. The number of para-hydroxylation sites is 2. The van der Waals surface area contributed by atoms with Crippen molar-refractivity contribution in [1.82, 2.24) is 0 Å². The fourth-order valence-corrected chi connectivity index (χ4v) is 3.85. The number of hydrogen-bond donors (Lipinski definition) is 1. The summed E-state index contributed by atoms with van der Waals surface area (Å²) < 4.78 is 0. The standard InChI is InChI=1S/C23H21ClN2O/c1-16-15-21(25-19-7-3-2-4-8-19)20-9-5-6-10-22(20)26(16)23(27)17-11-13-18(24)14-12-17/h2-14,16,21,25H,15H2,1H3/t16-,21+/m0/s1. The summed E-state index contributed by atoms with van der Waals surface area (Å²) in [6.45, 7) is 2.10. The largest absolute Gasteiger partial charge is 0.378 e. The zero-order valence-electron chi connectivity index (χ0n) is 15.1. The minimum atomic E-state index is 0.00442. The smallest absolute Gasteiger partial charge is 0.258 e. The van der Waals surface area contributed by atoms with Gasteiger partial charge in [-0.15, -0.1) is 0 Å². The van der Waals surface area contributed by atoms with E-state index in [0.29, 0.717) is 10.6 Å². The number of amides is 1. The van der Waals surface area contributed by atoms with Crippen molar-refractivity contribution in [3.63, 3.8) is 0 Å². The van der Waals surface area contributed by atoms with Crippen LogP contribution in [0.3, 0.4) is 0 Å². The highest BCUT2D eigenvalue weighted by Gasteiger charge is 2.34. The highest BCUT2D eigenvalue weighted by molar-refractivity contribution is 6.30. The van der Waals surface area contributed by atoms with Crippen molar-refractivity contribution in [3.8, 4) is 0 Å². The molecule has 1 N–H and O–H groups in total. The van der Waals surface area contributed by atoms with Crippen LogP contribution in [0, 0.1) is 0 Å². The Balaban J connectivity index is 1.68. The summed E-state index contributed by atoms with van der Waals surface area (Å²) in [5.74, 6) is 0.00442. The number of carbonyl (C=O) groups excluding carboxylic acids is 1. The van der Waals surface area contributed by atoms with E-state index in [9.17, 15) is 4.79 Å². The molecule has 0 fully saturated rings. The number of benzene rings is 3. The SMILES string of the molecule is C[C@H]1C[C@@H](Nc2ccccc2)c2ccccc2N1C(=O)c1ccc(Cl)cc1. The number of carbonyl (C=O) groups is 1. The Morgan fingerprint density at radius 3 is 2.37 bits per heavy atom. The molecule has 3 nitrogen and oxygen atoms in total. The van der Waals surface area contributed by atoms with E-state index >= 15 is 0 Å². The molecule has 0 saturated heterocycles. The van der Waals surface area contributed by atoms with E-state index in [1.807, 2.05) is 41.3 Å². The quantitative estimate of drug-likeness (QED) is 0.614. The maximum atomic E-state index is 13.2. The van der Waals surface area contributed by atoms with Gasteiger partial charge in [0.05, 0.1) is 6.04 Å². The third kappa shape index (κ3) is 3.56. The van der Waals surface area contributed by atoms with Crippen molar-refractivity contribution in [2.75, 3.05) is 10.2 Å². The third-order valence-electron chi connectivity index (χ3n) is 5.01. The van der Waals surface area contributed by atoms with Gasteiger partial charge in [-0.05, 0) is 61.4 Å². The molecule has 27 heavy (non-hydrogen) atoms. The van der Waals surface area contributed by atoms with Gasteiger partial charge >= 0.3 is 0 Å². The fourth-order valence-electron chi connectivity index (χ4n) is 3.73. The van der Waals surface area contributed by atoms with Gasteiger partial charge < -0.3 is 10.2 Å². The Labute approximate surface area is 164 Å². The van der Waals surface area contributed by atoms with Crippen LogP contribution in [-0.4, -0.2) is 11.9 Å². The van der Waals surface area contributed by atoms with Crippen LogP contribution in [0.5, 0.6) is 0 Å². The highest BCUT2D eigenvalue weighted by atomic mass is 35.5. The molecule has 0 saturated carbocycles. The molecule has 0 aromatic heterocycles. The number of nitrogens with one attached hydrogen (secondary N) is 1. The summed E-state index contributed by atoms with van der Waals surface area (Å²) in [5, 5.41) is 4.25. The predicted octanol–water partition coefficient (Wildman–Crippen LogP) is 5.93. The minimum Gasteiger partial charge on any atom is -0.378 e. The van der Waals surface area contributed by atoms with Gasteiger partial charge in [0.15, 0.2) is 0 Å². The first-order chi connectivity index (χ1) is 13.1. The average Bonchev–Trinajstić information content (AvgIpc) is 2.69. The lowest BCUT2D eigenvalue weighted by atomic mass is 9.90. The van der Waals surface area contributed by atoms with Crippen LogP contribution >= 0.6 is 11.6 Å². The first-order valence-corrected chi connectivity index (χ1v) is 9.51. The molecule has 3 aromatic rings. The molecule has 1 aliphatic rings. The van der Waals surface area contributed by atoms with E-state index in [2.05, 4.69) is 30.4 Å². The number of halogens is 1. The van der Waals surface area contributed by atoms with Crippen LogP contribution in [0.25, 0.3) is 0 Å². The summed E-state index contributed by atoms with van der Waals surface area (Å²) in [6.07, 6.45) is 0.839. The first-order valence-electron chi connectivity index (χ1n) is 9.13. The highest BCUT2D eigenvalue weighted by Crippen LogP contribution is 2.39. The zero-order chi connectivity index (χ0) is 18.8. The van der Waals surface area contributed by atoms with E-state index in [1.165, 1.54) is 0 Å². The lowest BCUT2D eigenvalue weighted by Crippen LogP contribution is -2.44. The number of rotatable bonds is 3. The summed E-state index contributed by atoms with van der Waals surface area (Å²) in [5.41, 5.74) is 3.84. The molecule has 0 bridgehead atoms. The van der Waals surface area contributed by atoms with Gasteiger partial charge in [-0.3, -0.25) is 4.79 Å². The molecule has 0 aliphatic carbocycles. The van der Waals surface area contributed by atoms with Gasteiger partial charge in [0, 0.05) is 28.0 Å². The van der Waals surface area contributed by atoms with Gasteiger partial charge in [0.2, 0.25) is 0 Å². The molecule has 1 heterocycles. The Morgan fingerprint density at radius 2 is 1.63 bits per heavy atom. The molecule has 136 valence electrons. The van der Waals surface area contributed by atoms with Crippen LogP contribution in [0.1, 0.15) is 35.3 Å². The Morgan fingerprint density at radius 1 is 0.963 bits per heavy atom. The molecular formula is C23H21ClN2O. The second kappa shape index (κ2) is 7.45. The number of hydrogen-bond acceptors (Lipinski definition) is 2. The maximum Gasteiger partial charge on any atom is 0.258 e. The van der Waals surface area contributed by atoms with Crippen LogP contribution in [0.15, 0.2) is 78.9 Å². The second-order valence-electron chi connectivity index (χ2n) is 6.89. The Hall–Kier alpha value is -2.78. The molecule has 4 rings (SSSR count). The summed E-state index contributed by atoms with van der Waals surface area (Å²) >= 11 is 5.97. The van der Waals surface area contributed by atoms with Gasteiger partial charge in [0.1, 0.15) is 0 Å². The Kier molecular flexibility index (Phi) is 4.87. The van der Waals surface area contributed by atoms with Crippen LogP contribution < -0.4 is 10.2 Å². The lowest BCUT2D eigenvalue weighted by molar-refractivity contribution is 0.0974. The molecular weight excluding hydrogens is 356 g/mol. The zero-order valence-corrected chi connectivity index (χ0v) is 15.9. The Bertz CT molecular complexity index is 940. The molecule has 3 aromatic carbocycles. The van der Waals surface area contributed by atoms with E-state index < -0.39 is 0 Å². The van der Waals surface area contributed by atoms with Gasteiger partial charge in [-0.2, -0.15) is 0 Å². The average molecular weight is 377 g/mol. The first kappa shape index (κ1) is 17.6. The topological polar surface area (TPSA) is 32.3 Å². The lowest BCUT2D eigenvalue weighted by Gasteiger charge is -2.40. The van der Waals surface area contributed by atoms with Crippen LogP contribution in [-0.2, 0) is 0 Å². The summed E-state index contributed by atoms with van der Waals surface area (Å²) in [6, 6.07) is 25.7. The summed E-state index contributed by atoms with van der Waals surface area (Å²) in [7, 11) is 0. The normalized spacial score (nSPS) is 18.7. The van der Waals surface area contributed by atoms with E-state index in [4.69, 9.17) is 11.6 Å². The minimum absolute atomic E-state index is 0.00442. The predicted molar refractivity (Wildman–Crippen MR) is 112 cm³/mol. The molecule has 4 heteroatoms. The van der Waals surface area contributed by atoms with Crippen molar-refractivity contribution in [2.24, 2.45) is 0 Å². The molecule has 0 radical (unpaired) electrons. The second-order valence-corrected chi connectivity index (χ2v) is 7.32. The fraction of sp³-hybridized carbons (Fsp3) is 0.174. The van der Waals surface area contributed by atoms with Crippen LogP contribution in [0.2, 0.25) is 5.02 Å². The van der Waals surface area contributed by atoms with Gasteiger partial charge in [0.25, 0.3) is 5.91 Å². The molecule has 0 unspecified atom stereocenters. The van der Waals surface area contributed by atoms with Crippen molar-refractivity contribution in [2.45, 2.75) is 25.4 Å². The van der Waals surface area contributed by atoms with Crippen molar-refractivity contribution >= 4 is 28.9 Å². The van der Waals surface area contributed by atoms with E-state index in [1.54, 1.807) is 24.3 Å². The van der Waals surface area contributed by atoms with Crippen molar-refractivity contribution in [1.29, 1.82) is 0 Å². The molecule has 2 atom stereocenters. The summed E-state index contributed by atoms with van der Waals surface area (Å²) in [4.78, 5) is 15.1. The van der Waals surface area contributed by atoms with E-state index in [0.717, 1.165) is 23.4 Å². The molecule has 0 spiro atoms. The maximum absolute atomic E-state index is 13.2. The number of nitrogens with zero attached hydrogens (tertiary/aromatic N) is 1. The van der Waals surface area contributed by atoms with Crippen molar-refractivity contribution < 1.29 is 4.79 Å². The van der Waals surface area contributed by atoms with E-state index in [-0.39, 0.29) is 18.0 Å². The van der Waals surface area contributed by atoms with Crippen LogP contribution in [0.4, 0.5) is 11.4 Å². The number of fused-ring (bicyclic) bond motifs is 1. The monoisotopic (exact) mass is 376 g/mol. The molecule has 1 aliphatic heterocycles. The van der Waals surface area contributed by atoms with Gasteiger partial charge in [-0.1, -0.05) is 48.0 Å². The van der Waals surface area contributed by atoms with Gasteiger partial charge in [-0.25, -0.2) is 0 Å². The van der Waals surface area contributed by atoms with Crippen molar-refractivity contribution in [3.05, 3.63) is 95.0 Å². The molecule has 1 amide bonds.